The monoisotopic (exact) mass is 373 g/mol. The Balaban J connectivity index is 1.32. The molecule has 0 bridgehead atoms. The quantitative estimate of drug-likeness (QED) is 0.753. The molecule has 1 N–H and O–H groups in total. The maximum absolute atomic E-state index is 12.7. The van der Waals surface area contributed by atoms with Crippen molar-refractivity contribution in [3.8, 4) is 0 Å². The first-order chi connectivity index (χ1) is 12.2. The molecule has 1 saturated heterocycles. The third kappa shape index (κ3) is 3.73. The van der Waals surface area contributed by atoms with Gasteiger partial charge in [0.1, 0.15) is 0 Å². The van der Waals surface area contributed by atoms with Gasteiger partial charge in [-0.1, -0.05) is 11.6 Å². The van der Waals surface area contributed by atoms with Gasteiger partial charge < -0.3 is 9.88 Å². The van der Waals surface area contributed by atoms with E-state index in [1.807, 2.05) is 41.4 Å². The van der Waals surface area contributed by atoms with Crippen molar-refractivity contribution < 1.29 is 4.79 Å². The minimum atomic E-state index is 0.132. The van der Waals surface area contributed by atoms with Gasteiger partial charge in [-0.25, -0.2) is 0 Å². The lowest BCUT2D eigenvalue weighted by atomic mass is 10.1. The number of H-pyrrole nitrogens is 1. The highest BCUT2D eigenvalue weighted by Gasteiger charge is 2.22. The molecule has 3 aromatic rings. The number of aromatic amines is 1. The summed E-state index contributed by atoms with van der Waals surface area (Å²) in [5, 5.41) is 1.08. The first-order valence-electron chi connectivity index (χ1n) is 8.52. The molecule has 1 aromatic carbocycles. The predicted octanol–water partition coefficient (Wildman–Crippen LogP) is 3.88. The molecule has 0 atom stereocenters. The molecule has 0 unspecified atom stereocenters. The van der Waals surface area contributed by atoms with Crippen LogP contribution in [-0.4, -0.2) is 53.4 Å². The van der Waals surface area contributed by atoms with E-state index < -0.39 is 0 Å². The number of fused-ring (bicyclic) bond motifs is 1. The van der Waals surface area contributed by atoms with Crippen LogP contribution in [0.25, 0.3) is 10.9 Å². The highest BCUT2D eigenvalue weighted by Crippen LogP contribution is 2.22. The molecule has 0 spiro atoms. The van der Waals surface area contributed by atoms with Crippen molar-refractivity contribution in [3.63, 3.8) is 0 Å². The molecular formula is C19H20ClN3OS. The van der Waals surface area contributed by atoms with Crippen molar-refractivity contribution in [1.29, 1.82) is 0 Å². The third-order valence-corrected chi connectivity index (χ3v) is 6.05. The summed E-state index contributed by atoms with van der Waals surface area (Å²) < 4.78 is 0.852. The van der Waals surface area contributed by atoms with Gasteiger partial charge in [0.15, 0.2) is 0 Å². The number of halogens is 1. The standard InChI is InChI=1S/C19H20ClN3OS/c20-18-4-2-16(25-18)6-8-22-9-11-23(12-10-22)19(24)15-1-3-17-14(13-15)5-7-21-17/h1-5,7,13,21H,6,8-12H2. The number of benzene rings is 1. The second-order valence-electron chi connectivity index (χ2n) is 6.37. The van der Waals surface area contributed by atoms with Crippen molar-refractivity contribution in [2.45, 2.75) is 6.42 Å². The number of nitrogens with one attached hydrogen (secondary N) is 1. The van der Waals surface area contributed by atoms with Crippen molar-refractivity contribution in [1.82, 2.24) is 14.8 Å². The van der Waals surface area contributed by atoms with Crippen LogP contribution in [0.5, 0.6) is 0 Å². The first kappa shape index (κ1) is 16.6. The number of nitrogens with zero attached hydrogens (tertiary/aromatic N) is 2. The number of piperazine rings is 1. The Morgan fingerprint density at radius 3 is 2.72 bits per heavy atom. The fourth-order valence-corrected chi connectivity index (χ4v) is 4.37. The van der Waals surface area contributed by atoms with E-state index in [2.05, 4.69) is 16.0 Å². The molecular weight excluding hydrogens is 354 g/mol. The van der Waals surface area contributed by atoms with Crippen LogP contribution in [0.1, 0.15) is 15.2 Å². The van der Waals surface area contributed by atoms with Crippen molar-refractivity contribution in [2.24, 2.45) is 0 Å². The summed E-state index contributed by atoms with van der Waals surface area (Å²) in [6, 6.07) is 11.9. The van der Waals surface area contributed by atoms with E-state index in [1.165, 1.54) is 4.88 Å². The molecule has 0 radical (unpaired) electrons. The number of amides is 1. The van der Waals surface area contributed by atoms with E-state index in [9.17, 15) is 4.79 Å². The van der Waals surface area contributed by atoms with Gasteiger partial charge in [-0.3, -0.25) is 9.69 Å². The summed E-state index contributed by atoms with van der Waals surface area (Å²) in [4.78, 5) is 21.6. The fourth-order valence-electron chi connectivity index (χ4n) is 3.30. The number of thiophene rings is 1. The lowest BCUT2D eigenvalue weighted by Gasteiger charge is -2.34. The zero-order valence-electron chi connectivity index (χ0n) is 13.9. The predicted molar refractivity (Wildman–Crippen MR) is 104 cm³/mol. The lowest BCUT2D eigenvalue weighted by Crippen LogP contribution is -2.49. The van der Waals surface area contributed by atoms with Gasteiger partial charge in [-0.2, -0.15) is 0 Å². The van der Waals surface area contributed by atoms with Crippen LogP contribution >= 0.6 is 22.9 Å². The molecule has 1 amide bonds. The van der Waals surface area contributed by atoms with Gasteiger partial charge in [-0.15, -0.1) is 11.3 Å². The Kier molecular flexibility index (Phi) is 4.79. The van der Waals surface area contributed by atoms with E-state index in [-0.39, 0.29) is 5.91 Å². The summed E-state index contributed by atoms with van der Waals surface area (Å²) in [6.07, 6.45) is 2.92. The molecule has 130 valence electrons. The summed E-state index contributed by atoms with van der Waals surface area (Å²) in [7, 11) is 0. The van der Waals surface area contributed by atoms with Crippen LogP contribution in [0, 0.1) is 0 Å². The van der Waals surface area contributed by atoms with E-state index in [0.717, 1.165) is 59.9 Å². The van der Waals surface area contributed by atoms with Gasteiger partial charge in [0, 0.05) is 60.3 Å². The van der Waals surface area contributed by atoms with Crippen molar-refractivity contribution in [2.75, 3.05) is 32.7 Å². The molecule has 1 aliphatic heterocycles. The van der Waals surface area contributed by atoms with Crippen LogP contribution in [0.4, 0.5) is 0 Å². The number of carbonyl (C=O) groups excluding carboxylic acids is 1. The lowest BCUT2D eigenvalue weighted by molar-refractivity contribution is 0.0639. The molecule has 0 saturated carbocycles. The minimum absolute atomic E-state index is 0.132. The molecule has 4 rings (SSSR count). The highest BCUT2D eigenvalue weighted by atomic mass is 35.5. The van der Waals surface area contributed by atoms with E-state index in [4.69, 9.17) is 11.6 Å². The Hall–Kier alpha value is -1.82. The topological polar surface area (TPSA) is 39.3 Å². The van der Waals surface area contributed by atoms with Crippen LogP contribution in [-0.2, 0) is 6.42 Å². The fraction of sp³-hybridized carbons (Fsp3) is 0.316. The van der Waals surface area contributed by atoms with E-state index in [0.29, 0.717) is 0 Å². The van der Waals surface area contributed by atoms with Gasteiger partial charge in [0.2, 0.25) is 0 Å². The van der Waals surface area contributed by atoms with Gasteiger partial charge in [0.25, 0.3) is 5.91 Å². The van der Waals surface area contributed by atoms with Crippen LogP contribution in [0.2, 0.25) is 4.34 Å². The average molecular weight is 374 g/mol. The second-order valence-corrected chi connectivity index (χ2v) is 8.17. The first-order valence-corrected chi connectivity index (χ1v) is 9.71. The van der Waals surface area contributed by atoms with E-state index in [1.54, 1.807) is 11.3 Å². The molecule has 2 aromatic heterocycles. The molecule has 1 fully saturated rings. The second kappa shape index (κ2) is 7.20. The summed E-state index contributed by atoms with van der Waals surface area (Å²) in [6.45, 7) is 4.45. The normalized spacial score (nSPS) is 15.8. The third-order valence-electron chi connectivity index (χ3n) is 4.76. The summed E-state index contributed by atoms with van der Waals surface area (Å²) in [5.74, 6) is 0.132. The van der Waals surface area contributed by atoms with Gasteiger partial charge in [0.05, 0.1) is 4.34 Å². The van der Waals surface area contributed by atoms with Gasteiger partial charge in [-0.05, 0) is 42.8 Å². The van der Waals surface area contributed by atoms with Crippen molar-refractivity contribution in [3.05, 3.63) is 57.4 Å². The maximum Gasteiger partial charge on any atom is 0.253 e. The molecule has 25 heavy (non-hydrogen) atoms. The van der Waals surface area contributed by atoms with Crippen molar-refractivity contribution >= 4 is 39.7 Å². The Morgan fingerprint density at radius 2 is 1.96 bits per heavy atom. The Labute approximate surface area is 156 Å². The summed E-state index contributed by atoms with van der Waals surface area (Å²) in [5.41, 5.74) is 1.84. The number of hydrogen-bond donors (Lipinski definition) is 1. The smallest absolute Gasteiger partial charge is 0.253 e. The number of aromatic nitrogens is 1. The average Bonchev–Trinajstić information content (AvgIpc) is 3.27. The highest BCUT2D eigenvalue weighted by molar-refractivity contribution is 7.16. The Bertz CT molecular complexity index is 880. The zero-order valence-corrected chi connectivity index (χ0v) is 15.4. The molecule has 0 aliphatic carbocycles. The van der Waals surface area contributed by atoms with E-state index >= 15 is 0 Å². The van der Waals surface area contributed by atoms with Crippen LogP contribution in [0.15, 0.2) is 42.6 Å². The maximum atomic E-state index is 12.7. The minimum Gasteiger partial charge on any atom is -0.361 e. The number of carbonyl (C=O) groups is 1. The van der Waals surface area contributed by atoms with Crippen LogP contribution in [0.3, 0.4) is 0 Å². The summed E-state index contributed by atoms with van der Waals surface area (Å²) >= 11 is 7.63. The zero-order chi connectivity index (χ0) is 17.2. The number of rotatable bonds is 4. The molecule has 1 aliphatic rings. The Morgan fingerprint density at radius 1 is 1.12 bits per heavy atom. The molecule has 3 heterocycles. The SMILES string of the molecule is O=C(c1ccc2[nH]ccc2c1)N1CCN(CCc2ccc(Cl)s2)CC1. The van der Waals surface area contributed by atoms with Crippen LogP contribution < -0.4 is 0 Å². The molecule has 4 nitrogen and oxygen atoms in total. The van der Waals surface area contributed by atoms with Gasteiger partial charge >= 0.3 is 0 Å². The largest absolute Gasteiger partial charge is 0.361 e. The number of hydrogen-bond acceptors (Lipinski definition) is 3. The molecule has 6 heteroatoms.